The van der Waals surface area contributed by atoms with Crippen molar-refractivity contribution in [1.82, 2.24) is 0 Å². The van der Waals surface area contributed by atoms with Crippen LogP contribution in [0.1, 0.15) is 17.5 Å². The van der Waals surface area contributed by atoms with Gasteiger partial charge in [0.05, 0.1) is 40.3 Å². The molecule has 2 bridgehead atoms. The monoisotopic (exact) mass is 413 g/mol. The molecule has 6 atom stereocenters. The minimum absolute atomic E-state index is 0.0540. The second kappa shape index (κ2) is 6.01. The number of rotatable bonds is 2. The highest BCUT2D eigenvalue weighted by atomic mass is 32.2. The molecule has 0 spiro atoms. The van der Waals surface area contributed by atoms with Gasteiger partial charge < -0.3 is 5.11 Å². The maximum Gasteiger partial charge on any atom is 0.417 e. The van der Waals surface area contributed by atoms with E-state index in [1.54, 1.807) is 0 Å². The Morgan fingerprint density at radius 3 is 2.64 bits per heavy atom. The van der Waals surface area contributed by atoms with E-state index in [2.05, 4.69) is 10.0 Å². The number of fused-ring (bicyclic) bond motifs is 5. The number of nitriles is 1. The fraction of sp³-hybridized carbons (Fsp3) is 0.562. The normalized spacial score (nSPS) is 35.3. The summed E-state index contributed by atoms with van der Waals surface area (Å²) in [4.78, 5) is 2.72. The number of aliphatic hydroxyl groups excluding tert-OH is 1. The fourth-order valence-corrected chi connectivity index (χ4v) is 7.55. The van der Waals surface area contributed by atoms with Crippen molar-refractivity contribution in [2.75, 3.05) is 10.8 Å². The van der Waals surface area contributed by atoms with Crippen molar-refractivity contribution < 1.29 is 26.7 Å². The SMILES string of the molecule is N#Cc1ccc(N2C[C@H]3[C@@H]4C[C@@H]([C@@H](O)[C@@H]4N=[N+]=[N-])[C@H]3S2(=O)=O)cc1C(F)(F)F. The first kappa shape index (κ1) is 18.9. The lowest BCUT2D eigenvalue weighted by Crippen LogP contribution is -2.44. The van der Waals surface area contributed by atoms with Crippen molar-refractivity contribution in [2.45, 2.75) is 30.0 Å². The van der Waals surface area contributed by atoms with E-state index in [0.717, 1.165) is 10.4 Å². The van der Waals surface area contributed by atoms with Crippen LogP contribution in [0.4, 0.5) is 18.9 Å². The molecule has 1 saturated heterocycles. The van der Waals surface area contributed by atoms with Crippen molar-refractivity contribution in [3.63, 3.8) is 0 Å². The number of alkyl halides is 3. The quantitative estimate of drug-likeness (QED) is 0.453. The molecule has 1 aliphatic heterocycles. The Balaban J connectivity index is 1.75. The van der Waals surface area contributed by atoms with Crippen molar-refractivity contribution in [1.29, 1.82) is 5.26 Å². The van der Waals surface area contributed by atoms with Gasteiger partial charge in [0, 0.05) is 17.4 Å². The van der Waals surface area contributed by atoms with Crippen LogP contribution >= 0.6 is 0 Å². The van der Waals surface area contributed by atoms with Crippen LogP contribution in [0, 0.1) is 29.1 Å². The number of halogens is 3. The average Bonchev–Trinajstić information content (AvgIpc) is 3.23. The summed E-state index contributed by atoms with van der Waals surface area (Å²) >= 11 is 0. The van der Waals surface area contributed by atoms with Crippen LogP contribution in [-0.2, 0) is 16.2 Å². The summed E-state index contributed by atoms with van der Waals surface area (Å²) in [6.07, 6.45) is -5.50. The molecule has 28 heavy (non-hydrogen) atoms. The van der Waals surface area contributed by atoms with Crippen molar-refractivity contribution in [2.24, 2.45) is 22.9 Å². The lowest BCUT2D eigenvalue weighted by molar-refractivity contribution is -0.137. The molecule has 8 nitrogen and oxygen atoms in total. The molecular formula is C16H14F3N5O3S. The summed E-state index contributed by atoms with van der Waals surface area (Å²) in [6.45, 7) is -0.0540. The molecule has 3 fully saturated rings. The van der Waals surface area contributed by atoms with Crippen LogP contribution in [0.25, 0.3) is 10.4 Å². The number of aliphatic hydroxyl groups is 1. The molecule has 2 aliphatic carbocycles. The maximum absolute atomic E-state index is 13.2. The molecule has 2 saturated carbocycles. The average molecular weight is 413 g/mol. The molecule has 1 aromatic carbocycles. The highest BCUT2D eigenvalue weighted by Gasteiger charge is 2.66. The van der Waals surface area contributed by atoms with Gasteiger partial charge in [-0.1, -0.05) is 5.11 Å². The highest BCUT2D eigenvalue weighted by Crippen LogP contribution is 2.57. The van der Waals surface area contributed by atoms with Crippen LogP contribution in [-0.4, -0.2) is 37.5 Å². The summed E-state index contributed by atoms with van der Waals surface area (Å²) in [6, 6.07) is 3.52. The van der Waals surface area contributed by atoms with Gasteiger partial charge in [-0.15, -0.1) is 0 Å². The molecule has 0 radical (unpaired) electrons. The van der Waals surface area contributed by atoms with E-state index in [9.17, 15) is 26.7 Å². The molecule has 1 aromatic rings. The molecule has 1 heterocycles. The molecule has 4 rings (SSSR count). The summed E-state index contributed by atoms with van der Waals surface area (Å²) in [7, 11) is -4.01. The zero-order valence-corrected chi connectivity index (χ0v) is 15.0. The van der Waals surface area contributed by atoms with E-state index in [1.165, 1.54) is 12.1 Å². The number of hydrogen-bond acceptors (Lipinski definition) is 5. The van der Waals surface area contributed by atoms with Crippen LogP contribution in [0.5, 0.6) is 0 Å². The number of azide groups is 1. The number of benzene rings is 1. The Morgan fingerprint density at radius 1 is 1.32 bits per heavy atom. The Hall–Kier alpha value is -2.48. The number of sulfonamides is 1. The second-order valence-electron chi connectivity index (χ2n) is 7.29. The minimum Gasteiger partial charge on any atom is -0.392 e. The van der Waals surface area contributed by atoms with E-state index in [-0.39, 0.29) is 18.2 Å². The van der Waals surface area contributed by atoms with Gasteiger partial charge in [-0.2, -0.15) is 18.4 Å². The van der Waals surface area contributed by atoms with Gasteiger partial charge in [0.1, 0.15) is 0 Å². The molecule has 3 aliphatic rings. The van der Waals surface area contributed by atoms with E-state index in [1.807, 2.05) is 0 Å². The van der Waals surface area contributed by atoms with Gasteiger partial charge in [0.2, 0.25) is 10.0 Å². The number of nitrogens with zero attached hydrogens (tertiary/aromatic N) is 5. The molecule has 12 heteroatoms. The molecular weight excluding hydrogens is 399 g/mol. The first-order valence-corrected chi connectivity index (χ1v) is 9.96. The first-order chi connectivity index (χ1) is 13.1. The van der Waals surface area contributed by atoms with E-state index >= 15 is 0 Å². The van der Waals surface area contributed by atoms with Crippen LogP contribution in [0.3, 0.4) is 0 Å². The Morgan fingerprint density at radius 2 is 2.04 bits per heavy atom. The van der Waals surface area contributed by atoms with Crippen molar-refractivity contribution in [3.05, 3.63) is 39.8 Å². The Kier molecular flexibility index (Phi) is 4.05. The van der Waals surface area contributed by atoms with Crippen LogP contribution in [0.15, 0.2) is 23.3 Å². The molecule has 1 N–H and O–H groups in total. The van der Waals surface area contributed by atoms with E-state index in [0.29, 0.717) is 12.5 Å². The molecule has 148 valence electrons. The minimum atomic E-state index is -4.80. The number of anilines is 1. The van der Waals surface area contributed by atoms with Gasteiger partial charge >= 0.3 is 6.18 Å². The van der Waals surface area contributed by atoms with Gasteiger partial charge in [0.15, 0.2) is 0 Å². The van der Waals surface area contributed by atoms with Crippen LogP contribution in [0.2, 0.25) is 0 Å². The molecule has 0 amide bonds. The summed E-state index contributed by atoms with van der Waals surface area (Å²) in [5.41, 5.74) is 6.73. The zero-order chi connectivity index (χ0) is 20.4. The topological polar surface area (TPSA) is 130 Å². The third-order valence-electron chi connectivity index (χ3n) is 6.10. The summed E-state index contributed by atoms with van der Waals surface area (Å²) in [5.74, 6) is -1.42. The van der Waals surface area contributed by atoms with Gasteiger partial charge in [-0.05, 0) is 42.0 Å². The van der Waals surface area contributed by atoms with E-state index < -0.39 is 56.6 Å². The molecule has 0 unspecified atom stereocenters. The smallest absolute Gasteiger partial charge is 0.392 e. The van der Waals surface area contributed by atoms with Gasteiger partial charge in [-0.3, -0.25) is 4.31 Å². The van der Waals surface area contributed by atoms with Crippen LogP contribution < -0.4 is 4.31 Å². The summed E-state index contributed by atoms with van der Waals surface area (Å²) < 4.78 is 66.8. The highest BCUT2D eigenvalue weighted by molar-refractivity contribution is 7.93. The Labute approximate surface area is 157 Å². The first-order valence-electron chi connectivity index (χ1n) is 8.46. The number of hydrogen-bond donors (Lipinski definition) is 1. The lowest BCUT2D eigenvalue weighted by atomic mass is 9.83. The standard InChI is InChI=1S/C16H14F3N5O3S/c17-16(18,19)12-3-8(2-1-7(12)5-20)24-6-11-9-4-10(15(11)28(24,26)27)14(25)13(9)22-23-21/h1-3,9-11,13-15,25H,4,6H2/t9-,10-,11-,13+,14+,15+/m0/s1. The Bertz CT molecular complexity index is 1030. The summed E-state index contributed by atoms with van der Waals surface area (Å²) in [5, 5.41) is 21.9. The lowest BCUT2D eigenvalue weighted by Gasteiger charge is -2.30. The van der Waals surface area contributed by atoms with Gasteiger partial charge in [0.25, 0.3) is 0 Å². The third-order valence-corrected chi connectivity index (χ3v) is 8.46. The van der Waals surface area contributed by atoms with Crippen molar-refractivity contribution in [3.8, 4) is 6.07 Å². The van der Waals surface area contributed by atoms with E-state index in [4.69, 9.17) is 10.8 Å². The predicted octanol–water partition coefficient (Wildman–Crippen LogP) is 2.40. The predicted molar refractivity (Wildman–Crippen MR) is 90.2 cm³/mol. The second-order valence-corrected chi connectivity index (χ2v) is 9.31. The largest absolute Gasteiger partial charge is 0.417 e. The third kappa shape index (κ3) is 2.47. The maximum atomic E-state index is 13.2. The molecule has 0 aromatic heterocycles. The van der Waals surface area contributed by atoms with Gasteiger partial charge in [-0.25, -0.2) is 8.42 Å². The van der Waals surface area contributed by atoms with Crippen molar-refractivity contribution >= 4 is 15.7 Å². The zero-order valence-electron chi connectivity index (χ0n) is 14.2. The fourth-order valence-electron chi connectivity index (χ4n) is 5.03.